The molecule has 56 heavy (non-hydrogen) atoms. The SMILES string of the molecule is COC(=O)CN1CCN(CC(=O)OC(C)(C)C)CCN(CC(=O)OC(C)(C)C)CCN(CC(O)OC(C)(C)C)C[C@@H]1Cc1ccc(OCc2ccccc2)cc1. The molecule has 0 spiro atoms. The molecule has 3 rings (SSSR count). The Hall–Kier alpha value is -3.59. The maximum absolute atomic E-state index is 13.1. The lowest BCUT2D eigenvalue weighted by Gasteiger charge is -2.39. The largest absolute Gasteiger partial charge is 0.489 e. The minimum absolute atomic E-state index is 0.0272. The average Bonchev–Trinajstić information content (AvgIpc) is 3.07. The highest BCUT2D eigenvalue weighted by Gasteiger charge is 2.30. The summed E-state index contributed by atoms with van der Waals surface area (Å²) in [4.78, 5) is 47.5. The third-order valence-corrected chi connectivity index (χ3v) is 8.81. The van der Waals surface area contributed by atoms with E-state index < -0.39 is 23.1 Å². The Bertz CT molecular complexity index is 1490. The molecule has 13 heteroatoms. The summed E-state index contributed by atoms with van der Waals surface area (Å²) in [5.41, 5.74) is 0.239. The zero-order valence-electron chi connectivity index (χ0n) is 35.5. The standard InChI is InChI=1S/C43H68N4O9/c1-41(2,3)54-38(49)28-44-20-21-45(29-39(50)55-42(4,5)6)24-25-47(31-37(48)52-10)35(27-46(23-22-44)30-40(51)56-43(7,8)9)26-33-16-18-36(19-17-33)53-32-34-14-12-11-13-15-34/h11-19,35,40,51H,20-32H2,1-10H3/t35-,40?/m0/s1. The quantitative estimate of drug-likeness (QED) is 0.165. The summed E-state index contributed by atoms with van der Waals surface area (Å²) in [5, 5.41) is 11.1. The second-order valence-electron chi connectivity index (χ2n) is 17.5. The Kier molecular flexibility index (Phi) is 18.2. The molecule has 2 atom stereocenters. The van der Waals surface area contributed by atoms with E-state index in [4.69, 9.17) is 23.7 Å². The van der Waals surface area contributed by atoms with Gasteiger partial charge in [0.15, 0.2) is 6.29 Å². The van der Waals surface area contributed by atoms with Gasteiger partial charge in [0.25, 0.3) is 0 Å². The van der Waals surface area contributed by atoms with Gasteiger partial charge >= 0.3 is 17.9 Å². The van der Waals surface area contributed by atoms with Gasteiger partial charge in [0.1, 0.15) is 23.6 Å². The van der Waals surface area contributed by atoms with Crippen molar-refractivity contribution in [3.8, 4) is 5.75 Å². The van der Waals surface area contributed by atoms with Gasteiger partial charge < -0.3 is 28.8 Å². The first kappa shape index (κ1) is 46.8. The van der Waals surface area contributed by atoms with Crippen LogP contribution in [0.1, 0.15) is 73.4 Å². The Morgan fingerprint density at radius 3 is 1.68 bits per heavy atom. The van der Waals surface area contributed by atoms with Crippen LogP contribution in [-0.2, 0) is 46.4 Å². The van der Waals surface area contributed by atoms with Crippen LogP contribution in [0.5, 0.6) is 5.75 Å². The number of hydrogen-bond donors (Lipinski definition) is 1. The van der Waals surface area contributed by atoms with Gasteiger partial charge in [-0.15, -0.1) is 0 Å². The van der Waals surface area contributed by atoms with Crippen LogP contribution in [0.2, 0.25) is 0 Å². The maximum Gasteiger partial charge on any atom is 0.320 e. The van der Waals surface area contributed by atoms with Crippen LogP contribution < -0.4 is 4.74 Å². The summed E-state index contributed by atoms with van der Waals surface area (Å²) in [6, 6.07) is 17.7. The number of esters is 3. The van der Waals surface area contributed by atoms with Crippen LogP contribution in [0.15, 0.2) is 54.6 Å². The van der Waals surface area contributed by atoms with Crippen molar-refractivity contribution in [3.63, 3.8) is 0 Å². The van der Waals surface area contributed by atoms with Gasteiger partial charge in [0.2, 0.25) is 0 Å². The molecule has 2 aromatic rings. The molecule has 1 heterocycles. The topological polar surface area (TPSA) is 131 Å². The van der Waals surface area contributed by atoms with Gasteiger partial charge in [-0.05, 0) is 92.0 Å². The summed E-state index contributed by atoms with van der Waals surface area (Å²) in [6.07, 6.45) is -0.515. The van der Waals surface area contributed by atoms with Crippen LogP contribution in [0, 0.1) is 0 Å². The van der Waals surface area contributed by atoms with E-state index in [1.807, 2.05) is 127 Å². The number of aliphatic hydroxyl groups excluding tert-OH is 1. The molecule has 0 saturated carbocycles. The molecule has 0 bridgehead atoms. The zero-order valence-corrected chi connectivity index (χ0v) is 35.5. The summed E-state index contributed by atoms with van der Waals surface area (Å²) < 4.78 is 28.6. The predicted molar refractivity (Wildman–Crippen MR) is 216 cm³/mol. The monoisotopic (exact) mass is 784 g/mol. The number of hydrogen-bond acceptors (Lipinski definition) is 13. The molecular formula is C43H68N4O9. The minimum Gasteiger partial charge on any atom is -0.489 e. The van der Waals surface area contributed by atoms with Gasteiger partial charge in [0, 0.05) is 58.4 Å². The Labute approximate surface area is 335 Å². The number of β-amino-alcohol motifs (C(OH)–C–C–N with tert-alkyl or cyclic N) is 1. The number of rotatable bonds is 14. The van der Waals surface area contributed by atoms with Crippen LogP contribution in [0.3, 0.4) is 0 Å². The molecule has 314 valence electrons. The van der Waals surface area contributed by atoms with Crippen LogP contribution >= 0.6 is 0 Å². The lowest BCUT2D eigenvalue weighted by Crippen LogP contribution is -2.54. The van der Waals surface area contributed by atoms with Crippen LogP contribution in [0.25, 0.3) is 0 Å². The molecule has 1 aliphatic heterocycles. The van der Waals surface area contributed by atoms with E-state index in [1.54, 1.807) is 0 Å². The first-order valence-electron chi connectivity index (χ1n) is 19.7. The van der Waals surface area contributed by atoms with E-state index >= 15 is 0 Å². The van der Waals surface area contributed by atoms with Gasteiger partial charge in [-0.3, -0.25) is 34.0 Å². The number of carbonyl (C=O) groups is 3. The lowest BCUT2D eigenvalue weighted by atomic mass is 10.0. The highest BCUT2D eigenvalue weighted by Crippen LogP contribution is 2.20. The van der Waals surface area contributed by atoms with E-state index in [2.05, 4.69) is 9.80 Å². The average molecular weight is 785 g/mol. The van der Waals surface area contributed by atoms with E-state index in [9.17, 15) is 19.5 Å². The maximum atomic E-state index is 13.1. The molecular weight excluding hydrogens is 716 g/mol. The molecule has 0 radical (unpaired) electrons. The fraction of sp³-hybridized carbons (Fsp3) is 0.651. The molecule has 0 aliphatic carbocycles. The van der Waals surface area contributed by atoms with Crippen LogP contribution in [0.4, 0.5) is 0 Å². The van der Waals surface area contributed by atoms with Crippen molar-refractivity contribution in [1.29, 1.82) is 0 Å². The van der Waals surface area contributed by atoms with E-state index in [0.717, 1.165) is 16.9 Å². The van der Waals surface area contributed by atoms with Crippen molar-refractivity contribution in [2.24, 2.45) is 0 Å². The number of aliphatic hydroxyl groups is 1. The Balaban J connectivity index is 1.98. The third-order valence-electron chi connectivity index (χ3n) is 8.81. The fourth-order valence-electron chi connectivity index (χ4n) is 6.37. The number of ether oxygens (including phenoxy) is 5. The Morgan fingerprint density at radius 2 is 1.18 bits per heavy atom. The Morgan fingerprint density at radius 1 is 0.661 bits per heavy atom. The van der Waals surface area contributed by atoms with Crippen molar-refractivity contribution in [2.75, 3.05) is 79.1 Å². The van der Waals surface area contributed by atoms with Crippen molar-refractivity contribution in [2.45, 2.75) is 104 Å². The molecule has 1 saturated heterocycles. The summed E-state index contributed by atoms with van der Waals surface area (Å²) in [5.74, 6) is -0.330. The molecule has 0 aromatic heterocycles. The van der Waals surface area contributed by atoms with Crippen molar-refractivity contribution < 1.29 is 43.2 Å². The molecule has 1 unspecified atom stereocenters. The number of methoxy groups -OCH3 is 1. The van der Waals surface area contributed by atoms with Gasteiger partial charge in [0.05, 0.1) is 32.3 Å². The van der Waals surface area contributed by atoms with Crippen molar-refractivity contribution in [3.05, 3.63) is 65.7 Å². The fourth-order valence-corrected chi connectivity index (χ4v) is 6.37. The normalized spacial score (nSPS) is 18.3. The summed E-state index contributed by atoms with van der Waals surface area (Å²) >= 11 is 0. The first-order valence-corrected chi connectivity index (χ1v) is 19.7. The van der Waals surface area contributed by atoms with E-state index in [1.165, 1.54) is 7.11 Å². The number of benzene rings is 2. The highest BCUT2D eigenvalue weighted by molar-refractivity contribution is 5.73. The smallest absolute Gasteiger partial charge is 0.320 e. The van der Waals surface area contributed by atoms with Crippen molar-refractivity contribution in [1.82, 2.24) is 19.6 Å². The van der Waals surface area contributed by atoms with Gasteiger partial charge in [-0.1, -0.05) is 42.5 Å². The van der Waals surface area contributed by atoms with Crippen molar-refractivity contribution >= 4 is 17.9 Å². The summed E-state index contributed by atoms with van der Waals surface area (Å²) in [7, 11) is 1.38. The molecule has 2 aromatic carbocycles. The third kappa shape index (κ3) is 19.5. The molecule has 1 aliphatic rings. The zero-order chi connectivity index (χ0) is 41.5. The number of carbonyl (C=O) groups excluding carboxylic acids is 3. The molecule has 1 fully saturated rings. The lowest BCUT2D eigenvalue weighted by molar-refractivity contribution is -0.175. The second kappa shape index (κ2) is 21.8. The van der Waals surface area contributed by atoms with E-state index in [-0.39, 0.29) is 50.1 Å². The molecule has 0 amide bonds. The first-order chi connectivity index (χ1) is 26.2. The summed E-state index contributed by atoms with van der Waals surface area (Å²) in [6.45, 7) is 20.7. The van der Waals surface area contributed by atoms with Crippen LogP contribution in [-0.4, -0.2) is 151 Å². The van der Waals surface area contributed by atoms with E-state index in [0.29, 0.717) is 58.8 Å². The predicted octanol–water partition coefficient (Wildman–Crippen LogP) is 4.39. The second-order valence-corrected chi connectivity index (χ2v) is 17.5. The molecule has 13 nitrogen and oxygen atoms in total. The highest BCUT2D eigenvalue weighted by atomic mass is 16.6. The molecule has 1 N–H and O–H groups in total. The minimum atomic E-state index is -1.08. The number of nitrogens with zero attached hydrogens (tertiary/aromatic N) is 4. The van der Waals surface area contributed by atoms with Gasteiger partial charge in [-0.25, -0.2) is 0 Å². The van der Waals surface area contributed by atoms with Gasteiger partial charge in [-0.2, -0.15) is 0 Å².